The van der Waals surface area contributed by atoms with Crippen molar-refractivity contribution in [3.05, 3.63) is 76.2 Å². The van der Waals surface area contributed by atoms with Crippen LogP contribution in [0.4, 0.5) is 4.79 Å². The third kappa shape index (κ3) is 4.58. The molecule has 3 aromatic rings. The van der Waals surface area contributed by atoms with E-state index in [9.17, 15) is 19.5 Å². The van der Waals surface area contributed by atoms with Crippen LogP contribution in [0.2, 0.25) is 0 Å². The monoisotopic (exact) mass is 421 g/mol. The molecule has 0 aliphatic heterocycles. The van der Waals surface area contributed by atoms with Crippen LogP contribution in [0.15, 0.2) is 59.7 Å². The number of amides is 1. The number of rotatable bonds is 5. The Morgan fingerprint density at radius 3 is 2.55 bits per heavy atom. The predicted molar refractivity (Wildman–Crippen MR) is 114 cm³/mol. The molecule has 2 heterocycles. The maximum atomic E-state index is 12.4. The highest BCUT2D eigenvalue weighted by Gasteiger charge is 2.26. The van der Waals surface area contributed by atoms with Gasteiger partial charge in [-0.1, -0.05) is 30.3 Å². The average molecular weight is 421 g/mol. The summed E-state index contributed by atoms with van der Waals surface area (Å²) in [5.74, 6) is -1.25. The molecule has 1 aromatic carbocycles. The molecule has 1 amide bonds. The quantitative estimate of drug-likeness (QED) is 0.652. The molecular formula is C23H23N3O5. The molecule has 2 N–H and O–H groups in total. The number of hydrogen-bond donors (Lipinski definition) is 2. The van der Waals surface area contributed by atoms with E-state index in [4.69, 9.17) is 4.74 Å². The number of pyridine rings is 2. The van der Waals surface area contributed by atoms with E-state index in [-0.39, 0.29) is 24.3 Å². The molecule has 31 heavy (non-hydrogen) atoms. The zero-order valence-corrected chi connectivity index (χ0v) is 16.9. The minimum Gasteiger partial charge on any atom is -0.477 e. The highest BCUT2D eigenvalue weighted by atomic mass is 16.5. The van der Waals surface area contributed by atoms with E-state index < -0.39 is 17.5 Å². The minimum atomic E-state index is -1.25. The fraction of sp³-hybridized carbons (Fsp3) is 0.304. The van der Waals surface area contributed by atoms with E-state index in [2.05, 4.69) is 10.3 Å². The number of alkyl carbamates (subject to hydrolysis) is 1. The van der Waals surface area contributed by atoms with Crippen molar-refractivity contribution < 1.29 is 19.4 Å². The SMILES string of the molecule is O=C(N[C@H]1CC[C@H](n2cc(C(=O)O)c(=O)c3cccnc32)CC1)OCc1ccccc1. The Labute approximate surface area is 178 Å². The van der Waals surface area contributed by atoms with Crippen molar-refractivity contribution in [2.75, 3.05) is 0 Å². The van der Waals surface area contributed by atoms with Gasteiger partial charge in [0.2, 0.25) is 5.43 Å². The van der Waals surface area contributed by atoms with Crippen LogP contribution in [0, 0.1) is 0 Å². The third-order valence-electron chi connectivity index (χ3n) is 5.64. The van der Waals surface area contributed by atoms with Crippen molar-refractivity contribution in [3.8, 4) is 0 Å². The van der Waals surface area contributed by atoms with Gasteiger partial charge in [-0.05, 0) is 43.4 Å². The first kappa shape index (κ1) is 20.6. The van der Waals surface area contributed by atoms with Crippen molar-refractivity contribution in [2.24, 2.45) is 0 Å². The molecular weight excluding hydrogens is 398 g/mol. The summed E-state index contributed by atoms with van der Waals surface area (Å²) in [4.78, 5) is 40.4. The van der Waals surface area contributed by atoms with Gasteiger partial charge in [-0.15, -0.1) is 0 Å². The van der Waals surface area contributed by atoms with Gasteiger partial charge < -0.3 is 19.7 Å². The maximum absolute atomic E-state index is 12.4. The fourth-order valence-electron chi connectivity index (χ4n) is 4.04. The molecule has 0 atom stereocenters. The summed E-state index contributed by atoms with van der Waals surface area (Å²) < 4.78 is 7.09. The first-order valence-electron chi connectivity index (χ1n) is 10.2. The molecule has 2 aromatic heterocycles. The number of ether oxygens (including phenoxy) is 1. The average Bonchev–Trinajstić information content (AvgIpc) is 2.79. The topological polar surface area (TPSA) is 111 Å². The Kier molecular flexibility index (Phi) is 5.97. The Hall–Kier alpha value is -3.68. The second kappa shape index (κ2) is 8.99. The Bertz CT molecular complexity index is 1150. The zero-order chi connectivity index (χ0) is 21.8. The molecule has 160 valence electrons. The summed E-state index contributed by atoms with van der Waals surface area (Å²) in [6, 6.07) is 12.7. The molecule has 1 fully saturated rings. The van der Waals surface area contributed by atoms with Gasteiger partial charge in [0.05, 0.1) is 5.39 Å². The van der Waals surface area contributed by atoms with Crippen LogP contribution < -0.4 is 10.7 Å². The molecule has 0 saturated heterocycles. The molecule has 0 unspecified atom stereocenters. The van der Waals surface area contributed by atoms with Gasteiger partial charge in [0.15, 0.2) is 0 Å². The molecule has 8 heteroatoms. The zero-order valence-electron chi connectivity index (χ0n) is 16.9. The number of nitrogens with one attached hydrogen (secondary N) is 1. The number of benzene rings is 1. The van der Waals surface area contributed by atoms with E-state index in [1.165, 1.54) is 6.20 Å². The summed E-state index contributed by atoms with van der Waals surface area (Å²) in [6.45, 7) is 0.217. The second-order valence-corrected chi connectivity index (χ2v) is 7.67. The Morgan fingerprint density at radius 2 is 1.84 bits per heavy atom. The summed E-state index contributed by atoms with van der Waals surface area (Å²) in [7, 11) is 0. The summed E-state index contributed by atoms with van der Waals surface area (Å²) >= 11 is 0. The van der Waals surface area contributed by atoms with Crippen molar-refractivity contribution in [1.29, 1.82) is 0 Å². The number of nitrogens with zero attached hydrogens (tertiary/aromatic N) is 2. The van der Waals surface area contributed by atoms with Gasteiger partial charge >= 0.3 is 12.1 Å². The van der Waals surface area contributed by atoms with E-state index in [0.29, 0.717) is 23.9 Å². The minimum absolute atomic E-state index is 0.00510. The summed E-state index contributed by atoms with van der Waals surface area (Å²) in [6.07, 6.45) is 5.41. The van der Waals surface area contributed by atoms with Gasteiger partial charge in [-0.2, -0.15) is 0 Å². The van der Waals surface area contributed by atoms with Crippen molar-refractivity contribution in [1.82, 2.24) is 14.9 Å². The first-order chi connectivity index (χ1) is 15.0. The maximum Gasteiger partial charge on any atom is 0.407 e. The molecule has 0 bridgehead atoms. The van der Waals surface area contributed by atoms with Gasteiger partial charge in [0, 0.05) is 24.5 Å². The van der Waals surface area contributed by atoms with Crippen LogP contribution >= 0.6 is 0 Å². The molecule has 0 spiro atoms. The van der Waals surface area contributed by atoms with Crippen LogP contribution in [0.3, 0.4) is 0 Å². The Morgan fingerprint density at radius 1 is 1.10 bits per heavy atom. The lowest BCUT2D eigenvalue weighted by Crippen LogP contribution is -2.38. The van der Waals surface area contributed by atoms with E-state index in [1.54, 1.807) is 22.9 Å². The van der Waals surface area contributed by atoms with Gasteiger partial charge in [0.1, 0.15) is 17.8 Å². The van der Waals surface area contributed by atoms with Crippen LogP contribution in [-0.4, -0.2) is 32.8 Å². The number of aromatic nitrogens is 2. The van der Waals surface area contributed by atoms with E-state index >= 15 is 0 Å². The van der Waals surface area contributed by atoms with Crippen LogP contribution in [0.25, 0.3) is 11.0 Å². The van der Waals surface area contributed by atoms with Gasteiger partial charge in [-0.3, -0.25) is 4.79 Å². The van der Waals surface area contributed by atoms with Gasteiger partial charge in [-0.25, -0.2) is 14.6 Å². The predicted octanol–water partition coefficient (Wildman–Crippen LogP) is 3.50. The summed E-state index contributed by atoms with van der Waals surface area (Å²) in [5, 5.41) is 12.6. The fourth-order valence-corrected chi connectivity index (χ4v) is 4.04. The molecule has 1 saturated carbocycles. The number of aromatic carboxylic acids is 1. The lowest BCUT2D eigenvalue weighted by atomic mass is 9.90. The van der Waals surface area contributed by atoms with Crippen molar-refractivity contribution in [3.63, 3.8) is 0 Å². The van der Waals surface area contributed by atoms with Crippen LogP contribution in [0.1, 0.15) is 47.6 Å². The smallest absolute Gasteiger partial charge is 0.407 e. The van der Waals surface area contributed by atoms with Crippen LogP contribution in [0.5, 0.6) is 0 Å². The van der Waals surface area contributed by atoms with E-state index in [0.717, 1.165) is 18.4 Å². The van der Waals surface area contributed by atoms with E-state index in [1.807, 2.05) is 30.3 Å². The number of carboxylic acid groups (broad SMARTS) is 1. The van der Waals surface area contributed by atoms with Crippen molar-refractivity contribution >= 4 is 23.1 Å². The summed E-state index contributed by atoms with van der Waals surface area (Å²) in [5.41, 5.74) is 0.623. The molecule has 4 rings (SSSR count). The largest absolute Gasteiger partial charge is 0.477 e. The molecule has 1 aliphatic carbocycles. The third-order valence-corrected chi connectivity index (χ3v) is 5.64. The standard InChI is InChI=1S/C23H23N3O5/c27-20-18-7-4-12-24-21(18)26(13-19(20)22(28)29)17-10-8-16(9-11-17)25-23(30)31-14-15-5-2-1-3-6-15/h1-7,12-13,16-17H,8-11,14H2,(H,25,30)(H,28,29)/t16-,17-. The highest BCUT2D eigenvalue weighted by Crippen LogP contribution is 2.30. The number of carbonyl (C=O) groups excluding carboxylic acids is 1. The number of hydrogen-bond acceptors (Lipinski definition) is 5. The molecule has 1 aliphatic rings. The highest BCUT2D eigenvalue weighted by molar-refractivity contribution is 5.91. The van der Waals surface area contributed by atoms with Crippen LogP contribution in [-0.2, 0) is 11.3 Å². The normalized spacial score (nSPS) is 18.5. The Balaban J connectivity index is 1.41. The second-order valence-electron chi connectivity index (χ2n) is 7.67. The lowest BCUT2D eigenvalue weighted by Gasteiger charge is -2.31. The van der Waals surface area contributed by atoms with Gasteiger partial charge in [0.25, 0.3) is 0 Å². The molecule has 8 nitrogen and oxygen atoms in total. The number of fused-ring (bicyclic) bond motifs is 1. The number of carboxylic acids is 1. The lowest BCUT2D eigenvalue weighted by molar-refractivity contribution is 0.0694. The molecule has 0 radical (unpaired) electrons. The first-order valence-corrected chi connectivity index (χ1v) is 10.2. The number of carbonyl (C=O) groups is 2. The van der Waals surface area contributed by atoms with Crippen molar-refractivity contribution in [2.45, 2.75) is 44.4 Å².